The Labute approximate surface area is 222 Å². The van der Waals surface area contributed by atoms with Crippen LogP contribution in [0.3, 0.4) is 0 Å². The van der Waals surface area contributed by atoms with Gasteiger partial charge in [-0.25, -0.2) is 4.79 Å². The number of ether oxygens (including phenoxy) is 1. The number of carboxylic acid groups (broad SMARTS) is 1. The van der Waals surface area contributed by atoms with E-state index in [-0.39, 0.29) is 47.0 Å². The fourth-order valence-electron chi connectivity index (χ4n) is 11.3. The maximum Gasteiger partial charge on any atom is 0.336 e. The van der Waals surface area contributed by atoms with Crippen molar-refractivity contribution in [3.8, 4) is 0 Å². The van der Waals surface area contributed by atoms with Gasteiger partial charge in [0.25, 0.3) is 0 Å². The SMILES string of the molecule is CC1(C)O[C@](C(=O)O)([C@H]2CC[C@]3(C)C2CC[C@@H]2[C@@]4(C)CC[C@H](O)[C@](C)(CO)[C@@H]4CC[C@]23C)C[C@H](O)[C@@H]1O. The predicted molar refractivity (Wildman–Crippen MR) is 139 cm³/mol. The molecule has 1 saturated heterocycles. The van der Waals surface area contributed by atoms with Gasteiger partial charge < -0.3 is 30.3 Å². The number of aliphatic hydroxyl groups excluding tert-OH is 4. The van der Waals surface area contributed by atoms with Crippen LogP contribution in [0.4, 0.5) is 0 Å². The van der Waals surface area contributed by atoms with Crippen molar-refractivity contribution in [2.24, 2.45) is 45.3 Å². The maximum atomic E-state index is 13.0. The summed E-state index contributed by atoms with van der Waals surface area (Å²) in [7, 11) is 0. The monoisotopic (exact) mass is 522 g/mol. The summed E-state index contributed by atoms with van der Waals surface area (Å²) in [5.41, 5.74) is -3.20. The second-order valence-corrected chi connectivity index (χ2v) is 15.1. The third-order valence-corrected chi connectivity index (χ3v) is 13.5. The molecule has 0 aromatic rings. The Morgan fingerprint density at radius 3 is 2.05 bits per heavy atom. The average molecular weight is 523 g/mol. The first-order valence-electron chi connectivity index (χ1n) is 14.6. The molecule has 0 radical (unpaired) electrons. The molecular formula is C30H50O7. The Kier molecular flexibility index (Phi) is 6.31. The number of carboxylic acids is 1. The minimum atomic E-state index is -1.51. The lowest BCUT2D eigenvalue weighted by Crippen LogP contribution is -2.67. The van der Waals surface area contributed by atoms with Crippen LogP contribution in [-0.2, 0) is 9.53 Å². The molecule has 37 heavy (non-hydrogen) atoms. The summed E-state index contributed by atoms with van der Waals surface area (Å²) in [5.74, 6) is -0.399. The molecule has 0 spiro atoms. The second-order valence-electron chi connectivity index (χ2n) is 15.1. The first-order valence-corrected chi connectivity index (χ1v) is 14.6. The van der Waals surface area contributed by atoms with Crippen molar-refractivity contribution in [3.05, 3.63) is 0 Å². The van der Waals surface area contributed by atoms with Crippen LogP contribution in [0.5, 0.6) is 0 Å². The highest BCUT2D eigenvalue weighted by Gasteiger charge is 2.72. The molecule has 212 valence electrons. The van der Waals surface area contributed by atoms with E-state index in [1.807, 2.05) is 0 Å². The zero-order chi connectivity index (χ0) is 27.4. The van der Waals surface area contributed by atoms with E-state index in [1.165, 1.54) is 0 Å². The van der Waals surface area contributed by atoms with Crippen molar-refractivity contribution in [1.29, 1.82) is 0 Å². The first kappa shape index (κ1) is 27.8. The number of carbonyl (C=O) groups is 1. The zero-order valence-corrected chi connectivity index (χ0v) is 23.7. The number of aliphatic carboxylic acids is 1. The van der Waals surface area contributed by atoms with E-state index in [0.29, 0.717) is 12.3 Å². The third-order valence-electron chi connectivity index (χ3n) is 13.5. The van der Waals surface area contributed by atoms with Gasteiger partial charge in [-0.15, -0.1) is 0 Å². The van der Waals surface area contributed by atoms with Crippen molar-refractivity contribution in [2.45, 2.75) is 129 Å². The van der Waals surface area contributed by atoms with E-state index in [0.717, 1.165) is 44.9 Å². The molecule has 4 saturated carbocycles. The van der Waals surface area contributed by atoms with Gasteiger partial charge in [0.15, 0.2) is 5.60 Å². The van der Waals surface area contributed by atoms with Crippen molar-refractivity contribution in [2.75, 3.05) is 6.61 Å². The molecule has 0 amide bonds. The fourth-order valence-corrected chi connectivity index (χ4v) is 11.3. The highest BCUT2D eigenvalue weighted by Crippen LogP contribution is 2.76. The summed E-state index contributed by atoms with van der Waals surface area (Å²) in [6.45, 7) is 12.7. The van der Waals surface area contributed by atoms with Gasteiger partial charge in [-0.05, 0) is 99.2 Å². The summed E-state index contributed by atoms with van der Waals surface area (Å²) in [5, 5.41) is 53.3. The van der Waals surface area contributed by atoms with Gasteiger partial charge in [0.2, 0.25) is 0 Å². The number of fused-ring (bicyclic) bond motifs is 5. The van der Waals surface area contributed by atoms with E-state index >= 15 is 0 Å². The van der Waals surface area contributed by atoms with E-state index < -0.39 is 40.9 Å². The van der Waals surface area contributed by atoms with Crippen LogP contribution in [0, 0.1) is 45.3 Å². The Morgan fingerprint density at radius 1 is 0.811 bits per heavy atom. The van der Waals surface area contributed by atoms with Crippen LogP contribution in [0.25, 0.3) is 0 Å². The summed E-state index contributed by atoms with van der Waals surface area (Å²) in [6, 6.07) is 0. The second kappa shape index (κ2) is 8.39. The van der Waals surface area contributed by atoms with Gasteiger partial charge in [0.1, 0.15) is 6.10 Å². The lowest BCUT2D eigenvalue weighted by atomic mass is 9.35. The normalized spacial score (nSPS) is 57.2. The summed E-state index contributed by atoms with van der Waals surface area (Å²) in [6.07, 6.45) is 4.39. The van der Waals surface area contributed by atoms with Gasteiger partial charge in [0.05, 0.1) is 24.4 Å². The molecule has 5 fully saturated rings. The molecule has 0 aromatic carbocycles. The van der Waals surface area contributed by atoms with Crippen molar-refractivity contribution < 1.29 is 35.1 Å². The van der Waals surface area contributed by atoms with Crippen LogP contribution >= 0.6 is 0 Å². The van der Waals surface area contributed by atoms with Gasteiger partial charge in [-0.2, -0.15) is 0 Å². The van der Waals surface area contributed by atoms with Crippen LogP contribution in [0.15, 0.2) is 0 Å². The van der Waals surface area contributed by atoms with E-state index in [4.69, 9.17) is 4.74 Å². The summed E-state index contributed by atoms with van der Waals surface area (Å²) in [4.78, 5) is 13.0. The third kappa shape index (κ3) is 3.39. The van der Waals surface area contributed by atoms with Gasteiger partial charge in [-0.1, -0.05) is 27.7 Å². The Morgan fingerprint density at radius 2 is 1.46 bits per heavy atom. The highest BCUT2D eigenvalue weighted by molar-refractivity contribution is 5.78. The van der Waals surface area contributed by atoms with E-state index in [9.17, 15) is 30.3 Å². The minimum Gasteiger partial charge on any atom is -0.479 e. The van der Waals surface area contributed by atoms with Gasteiger partial charge in [0, 0.05) is 17.8 Å². The van der Waals surface area contributed by atoms with E-state index in [1.54, 1.807) is 13.8 Å². The van der Waals surface area contributed by atoms with Crippen LogP contribution in [0.1, 0.15) is 99.3 Å². The fraction of sp³-hybridized carbons (Fsp3) is 0.967. The lowest BCUT2D eigenvalue weighted by molar-refractivity contribution is -0.280. The van der Waals surface area contributed by atoms with Crippen LogP contribution in [0.2, 0.25) is 0 Å². The Hall–Kier alpha value is -0.730. The molecule has 5 aliphatic rings. The Bertz CT molecular complexity index is 937. The Balaban J connectivity index is 1.51. The minimum absolute atomic E-state index is 0.00224. The summed E-state index contributed by atoms with van der Waals surface area (Å²) >= 11 is 0. The number of rotatable bonds is 3. The molecule has 7 heteroatoms. The molecule has 7 nitrogen and oxygen atoms in total. The molecular weight excluding hydrogens is 472 g/mol. The first-order chi connectivity index (χ1) is 17.0. The number of aliphatic hydroxyl groups is 4. The smallest absolute Gasteiger partial charge is 0.336 e. The highest BCUT2D eigenvalue weighted by atomic mass is 16.6. The van der Waals surface area contributed by atoms with Gasteiger partial charge >= 0.3 is 5.97 Å². The number of hydrogen-bond acceptors (Lipinski definition) is 6. The standard InChI is InChI=1S/C30H50O7/c1-25(2)23(34)19(32)15-30(37-25,24(35)36)18-9-13-28(5)17(18)7-8-21-26(3)12-11-22(33)27(4,16-31)20(26)10-14-29(21,28)6/h17-23,31-34H,7-16H2,1-6H3,(H,35,36)/t17?,18-,19-,20+,21+,22-,23-,26-,27+,28+,29+,30-/m0/s1. The largest absolute Gasteiger partial charge is 0.479 e. The van der Waals surface area contributed by atoms with E-state index in [2.05, 4.69) is 27.7 Å². The molecule has 5 rings (SSSR count). The molecule has 0 aromatic heterocycles. The molecule has 4 aliphatic carbocycles. The maximum absolute atomic E-state index is 13.0. The van der Waals surface area contributed by atoms with Crippen molar-refractivity contribution in [1.82, 2.24) is 0 Å². The summed E-state index contributed by atoms with van der Waals surface area (Å²) < 4.78 is 6.35. The molecule has 5 N–H and O–H groups in total. The lowest BCUT2D eigenvalue weighted by Gasteiger charge is -2.70. The molecule has 12 atom stereocenters. The molecule has 1 aliphatic heterocycles. The van der Waals surface area contributed by atoms with Gasteiger partial charge in [-0.3, -0.25) is 0 Å². The predicted octanol–water partition coefficient (Wildman–Crippen LogP) is 3.75. The van der Waals surface area contributed by atoms with Crippen molar-refractivity contribution in [3.63, 3.8) is 0 Å². The zero-order valence-electron chi connectivity index (χ0n) is 23.7. The number of hydrogen-bond donors (Lipinski definition) is 5. The van der Waals surface area contributed by atoms with Crippen molar-refractivity contribution >= 4 is 5.97 Å². The topological polar surface area (TPSA) is 127 Å². The van der Waals surface area contributed by atoms with Crippen LogP contribution < -0.4 is 0 Å². The average Bonchev–Trinajstić information content (AvgIpc) is 3.18. The molecule has 0 bridgehead atoms. The molecule has 1 heterocycles. The van der Waals surface area contributed by atoms with Crippen LogP contribution in [-0.4, -0.2) is 67.6 Å². The quantitative estimate of drug-likeness (QED) is 0.382. The molecule has 1 unspecified atom stereocenters.